The second-order valence-corrected chi connectivity index (χ2v) is 8.47. The molecule has 0 unspecified atom stereocenters. The minimum atomic E-state index is -1.65. The van der Waals surface area contributed by atoms with Gasteiger partial charge in [-0.15, -0.1) is 0 Å². The van der Waals surface area contributed by atoms with E-state index in [2.05, 4.69) is 61.1 Å². The minimum absolute atomic E-state index is 0.209. The molecule has 3 aromatic carbocycles. The topological polar surface area (TPSA) is 53.4 Å². The number of halogens is 2. The minimum Gasteiger partial charge on any atom is -0.422 e. The highest BCUT2D eigenvalue weighted by atomic mass is 79.9. The van der Waals surface area contributed by atoms with Crippen molar-refractivity contribution in [3.05, 3.63) is 93.9 Å². The quantitative estimate of drug-likeness (QED) is 0.368. The second-order valence-electron chi connectivity index (χ2n) is 6.64. The maximum Gasteiger partial charge on any atom is 0.508 e. The zero-order chi connectivity index (χ0) is 20.4. The smallest absolute Gasteiger partial charge is 0.422 e. The van der Waals surface area contributed by atoms with Gasteiger partial charge in [-0.05, 0) is 52.6 Å². The van der Waals surface area contributed by atoms with Gasteiger partial charge in [-0.3, -0.25) is 4.98 Å². The van der Waals surface area contributed by atoms with E-state index in [1.54, 1.807) is 6.07 Å². The molecule has 0 aliphatic rings. The van der Waals surface area contributed by atoms with Crippen molar-refractivity contribution in [1.29, 1.82) is 0 Å². The van der Waals surface area contributed by atoms with E-state index in [-0.39, 0.29) is 5.59 Å². The summed E-state index contributed by atoms with van der Waals surface area (Å²) in [6.07, 6.45) is 0. The van der Waals surface area contributed by atoms with Crippen LogP contribution in [0, 0.1) is 0 Å². The highest BCUT2D eigenvalue weighted by Crippen LogP contribution is 2.30. The molecule has 0 bridgehead atoms. The molecule has 6 heteroatoms. The first-order valence-electron chi connectivity index (χ1n) is 9.00. The van der Waals surface area contributed by atoms with E-state index in [0.29, 0.717) is 5.69 Å². The van der Waals surface area contributed by atoms with Gasteiger partial charge < -0.3 is 10.0 Å². The van der Waals surface area contributed by atoms with Crippen molar-refractivity contribution in [3.63, 3.8) is 0 Å². The van der Waals surface area contributed by atoms with E-state index in [0.717, 1.165) is 36.8 Å². The van der Waals surface area contributed by atoms with Crippen LogP contribution in [0.15, 0.2) is 93.9 Å². The van der Waals surface area contributed by atoms with Crippen LogP contribution in [0.3, 0.4) is 0 Å². The molecule has 0 fully saturated rings. The Kier molecular flexibility index (Phi) is 5.97. The molecular weight excluding hydrogens is 493 g/mol. The van der Waals surface area contributed by atoms with Crippen molar-refractivity contribution >= 4 is 44.6 Å². The summed E-state index contributed by atoms with van der Waals surface area (Å²) in [6, 6.07) is 27.9. The average Bonchev–Trinajstić information content (AvgIpc) is 2.73. The Bertz CT molecular complexity index is 1130. The highest BCUT2D eigenvalue weighted by molar-refractivity contribution is 9.11. The Morgan fingerprint density at radius 2 is 1.14 bits per heavy atom. The van der Waals surface area contributed by atoms with E-state index in [9.17, 15) is 10.0 Å². The lowest BCUT2D eigenvalue weighted by molar-refractivity contribution is 0.424. The maximum absolute atomic E-state index is 9.74. The van der Waals surface area contributed by atoms with Gasteiger partial charge in [0.25, 0.3) is 0 Å². The third-order valence-electron chi connectivity index (χ3n) is 4.59. The second kappa shape index (κ2) is 8.63. The van der Waals surface area contributed by atoms with E-state index in [1.807, 2.05) is 54.6 Å². The fraction of sp³-hybridized carbons (Fsp3) is 0. The molecule has 2 N–H and O–H groups in total. The summed E-state index contributed by atoms with van der Waals surface area (Å²) >= 11 is 6.99. The summed E-state index contributed by atoms with van der Waals surface area (Å²) in [4.78, 5) is 4.43. The summed E-state index contributed by atoms with van der Waals surface area (Å²) < 4.78 is 1.82. The first kappa shape index (κ1) is 20.0. The first-order valence-corrected chi connectivity index (χ1v) is 10.6. The van der Waals surface area contributed by atoms with Gasteiger partial charge in [-0.1, -0.05) is 86.5 Å². The molecule has 3 nitrogen and oxygen atoms in total. The Balaban J connectivity index is 1.78. The van der Waals surface area contributed by atoms with Gasteiger partial charge in [-0.2, -0.15) is 0 Å². The predicted molar refractivity (Wildman–Crippen MR) is 126 cm³/mol. The van der Waals surface area contributed by atoms with Gasteiger partial charge in [0, 0.05) is 14.5 Å². The van der Waals surface area contributed by atoms with E-state index < -0.39 is 7.12 Å². The van der Waals surface area contributed by atoms with E-state index >= 15 is 0 Å². The Hall–Kier alpha value is -2.25. The molecule has 142 valence electrons. The Labute approximate surface area is 186 Å². The third kappa shape index (κ3) is 4.68. The molecule has 1 heterocycles. The molecule has 0 amide bonds. The Morgan fingerprint density at radius 3 is 1.72 bits per heavy atom. The SMILES string of the molecule is OB(O)c1cc(-c2ccc(-c3ccccc3)cc2)cc(-c2cc(Br)cc(Br)c2)n1. The van der Waals surface area contributed by atoms with Gasteiger partial charge in [0.05, 0.1) is 11.3 Å². The van der Waals surface area contributed by atoms with Crippen LogP contribution in [0.25, 0.3) is 33.5 Å². The fourth-order valence-electron chi connectivity index (χ4n) is 3.19. The zero-order valence-electron chi connectivity index (χ0n) is 15.3. The van der Waals surface area contributed by atoms with Gasteiger partial charge >= 0.3 is 7.12 Å². The van der Waals surface area contributed by atoms with Crippen LogP contribution in [0.5, 0.6) is 0 Å². The molecule has 0 saturated carbocycles. The van der Waals surface area contributed by atoms with Gasteiger partial charge in [-0.25, -0.2) is 0 Å². The normalized spacial score (nSPS) is 10.8. The molecule has 0 aliphatic carbocycles. The van der Waals surface area contributed by atoms with E-state index in [1.165, 1.54) is 0 Å². The highest BCUT2D eigenvalue weighted by Gasteiger charge is 2.17. The number of hydrogen-bond donors (Lipinski definition) is 2. The van der Waals surface area contributed by atoms with Crippen LogP contribution in [0.1, 0.15) is 0 Å². The summed E-state index contributed by atoms with van der Waals surface area (Å²) in [5.74, 6) is 0. The van der Waals surface area contributed by atoms with Crippen molar-refractivity contribution in [2.45, 2.75) is 0 Å². The maximum atomic E-state index is 9.74. The number of benzene rings is 3. The predicted octanol–water partition coefficient (Wildman–Crippen LogP) is 5.29. The average molecular weight is 509 g/mol. The molecule has 0 atom stereocenters. The number of aromatic nitrogens is 1. The monoisotopic (exact) mass is 507 g/mol. The first-order chi connectivity index (χ1) is 14.0. The van der Waals surface area contributed by atoms with Gasteiger partial charge in [0.2, 0.25) is 0 Å². The lowest BCUT2D eigenvalue weighted by Gasteiger charge is -2.11. The summed E-state index contributed by atoms with van der Waals surface area (Å²) in [6.45, 7) is 0. The molecule has 29 heavy (non-hydrogen) atoms. The lowest BCUT2D eigenvalue weighted by atomic mass is 9.83. The number of rotatable bonds is 4. The van der Waals surface area contributed by atoms with Crippen LogP contribution in [0.2, 0.25) is 0 Å². The van der Waals surface area contributed by atoms with Crippen LogP contribution in [-0.2, 0) is 0 Å². The molecule has 4 aromatic rings. The summed E-state index contributed by atoms with van der Waals surface area (Å²) in [7, 11) is -1.65. The van der Waals surface area contributed by atoms with Crippen molar-refractivity contribution < 1.29 is 10.0 Å². The third-order valence-corrected chi connectivity index (χ3v) is 5.51. The van der Waals surface area contributed by atoms with Crippen molar-refractivity contribution in [1.82, 2.24) is 4.98 Å². The molecule has 0 saturated heterocycles. The van der Waals surface area contributed by atoms with Gasteiger partial charge in [0.15, 0.2) is 0 Å². The van der Waals surface area contributed by atoms with Gasteiger partial charge in [0.1, 0.15) is 0 Å². The fourth-order valence-corrected chi connectivity index (χ4v) is 4.48. The zero-order valence-corrected chi connectivity index (χ0v) is 18.4. The lowest BCUT2D eigenvalue weighted by Crippen LogP contribution is -2.33. The van der Waals surface area contributed by atoms with Crippen molar-refractivity contribution in [2.75, 3.05) is 0 Å². The molecular formula is C23H16BBr2NO2. The molecule has 0 radical (unpaired) electrons. The van der Waals surface area contributed by atoms with Crippen LogP contribution in [-0.4, -0.2) is 22.2 Å². The Morgan fingerprint density at radius 1 is 0.586 bits per heavy atom. The molecule has 0 aliphatic heterocycles. The van der Waals surface area contributed by atoms with E-state index in [4.69, 9.17) is 0 Å². The van der Waals surface area contributed by atoms with Crippen LogP contribution < -0.4 is 5.59 Å². The standard InChI is InChI=1S/C23H16BBr2NO2/c25-20-10-19(11-21(26)14-20)22-12-18(13-23(27-22)24(28)29)17-8-6-16(7-9-17)15-4-2-1-3-5-15/h1-14,28-29H. The summed E-state index contributed by atoms with van der Waals surface area (Å²) in [5.41, 5.74) is 5.87. The molecule has 4 rings (SSSR count). The van der Waals surface area contributed by atoms with Crippen LogP contribution >= 0.6 is 31.9 Å². The van der Waals surface area contributed by atoms with Crippen molar-refractivity contribution in [2.24, 2.45) is 0 Å². The van der Waals surface area contributed by atoms with Crippen molar-refractivity contribution in [3.8, 4) is 33.5 Å². The number of nitrogens with zero attached hydrogens (tertiary/aromatic N) is 1. The summed E-state index contributed by atoms with van der Waals surface area (Å²) in [5, 5.41) is 19.5. The molecule has 0 spiro atoms. The van der Waals surface area contributed by atoms with Crippen LogP contribution in [0.4, 0.5) is 0 Å². The number of hydrogen-bond acceptors (Lipinski definition) is 3. The number of pyridine rings is 1. The molecule has 1 aromatic heterocycles. The largest absolute Gasteiger partial charge is 0.508 e.